The number of sulfonamides is 1. The molecule has 1 N–H and O–H groups in total. The number of carbonyl (C=O) groups is 1. The highest BCUT2D eigenvalue weighted by molar-refractivity contribution is 7.89. The molecule has 6 nitrogen and oxygen atoms in total. The number of benzene rings is 2. The van der Waals surface area contributed by atoms with E-state index in [9.17, 15) is 13.2 Å². The second kappa shape index (κ2) is 8.82. The van der Waals surface area contributed by atoms with E-state index < -0.39 is 10.0 Å². The number of aryl methyl sites for hydroxylation is 1. The zero-order valence-corrected chi connectivity index (χ0v) is 16.2. The van der Waals surface area contributed by atoms with Gasteiger partial charge >= 0.3 is 0 Å². The molecule has 2 rings (SSSR count). The molecule has 0 radical (unpaired) electrons. The van der Waals surface area contributed by atoms with Crippen LogP contribution in [0.5, 0.6) is 0 Å². The molecule has 0 heterocycles. The van der Waals surface area contributed by atoms with Gasteiger partial charge in [0.25, 0.3) is 0 Å². The minimum absolute atomic E-state index is 0.183. The number of hydrogen-bond acceptors (Lipinski definition) is 4. The summed E-state index contributed by atoms with van der Waals surface area (Å²) in [6, 6.07) is 16.4. The van der Waals surface area contributed by atoms with Crippen molar-refractivity contribution in [1.29, 1.82) is 0 Å². The maximum atomic E-state index is 12.5. The number of amides is 1. The summed E-state index contributed by atoms with van der Waals surface area (Å²) < 4.78 is 26.0. The molecule has 0 aliphatic carbocycles. The van der Waals surface area contributed by atoms with Gasteiger partial charge in [0.15, 0.2) is 0 Å². The van der Waals surface area contributed by atoms with Crippen molar-refractivity contribution in [2.45, 2.75) is 11.8 Å². The number of carbonyl (C=O) groups excluding carboxylic acids is 1. The van der Waals surface area contributed by atoms with Crippen LogP contribution in [0.3, 0.4) is 0 Å². The molecule has 0 saturated carbocycles. The Morgan fingerprint density at radius 1 is 1.00 bits per heavy atom. The van der Waals surface area contributed by atoms with E-state index in [1.807, 2.05) is 49.2 Å². The summed E-state index contributed by atoms with van der Waals surface area (Å²) in [5, 5.41) is 2.76. The maximum Gasteiger partial charge on any atom is 0.243 e. The van der Waals surface area contributed by atoms with Crippen molar-refractivity contribution in [2.24, 2.45) is 0 Å². The third kappa shape index (κ3) is 5.31. The van der Waals surface area contributed by atoms with Crippen LogP contribution in [-0.4, -0.2) is 52.4 Å². The summed E-state index contributed by atoms with van der Waals surface area (Å²) in [5.41, 5.74) is 2.03. The Bertz CT molecular complexity index is 821. The van der Waals surface area contributed by atoms with Gasteiger partial charge in [0, 0.05) is 32.9 Å². The number of para-hydroxylation sites is 1. The monoisotopic (exact) mass is 375 g/mol. The molecule has 1 amide bonds. The second-order valence-corrected chi connectivity index (χ2v) is 8.23. The van der Waals surface area contributed by atoms with E-state index in [1.165, 1.54) is 7.05 Å². The van der Waals surface area contributed by atoms with E-state index in [1.54, 1.807) is 24.3 Å². The van der Waals surface area contributed by atoms with Crippen LogP contribution in [0.25, 0.3) is 0 Å². The van der Waals surface area contributed by atoms with E-state index in [4.69, 9.17) is 0 Å². The molecule has 0 aliphatic rings. The first kappa shape index (κ1) is 19.9. The van der Waals surface area contributed by atoms with Gasteiger partial charge in [0.1, 0.15) is 0 Å². The standard InChI is InChI=1S/C19H25N3O3S/c1-16-9-11-18(12-10-16)26(24,25)22(3)15-19(23)20-13-14-21(2)17-7-5-4-6-8-17/h4-12H,13-15H2,1-3H3,(H,20,23). The largest absolute Gasteiger partial charge is 0.373 e. The van der Waals surface area contributed by atoms with Gasteiger partial charge in [-0.2, -0.15) is 4.31 Å². The predicted molar refractivity (Wildman–Crippen MR) is 104 cm³/mol. The number of nitrogens with one attached hydrogen (secondary N) is 1. The van der Waals surface area contributed by atoms with Crippen molar-refractivity contribution in [3.63, 3.8) is 0 Å². The Balaban J connectivity index is 1.84. The molecule has 0 spiro atoms. The molecule has 7 heteroatoms. The average Bonchev–Trinajstić information content (AvgIpc) is 2.62. The van der Waals surface area contributed by atoms with Crippen molar-refractivity contribution < 1.29 is 13.2 Å². The number of nitrogens with zero attached hydrogens (tertiary/aromatic N) is 2. The molecule has 0 aliphatic heterocycles. The predicted octanol–water partition coefficient (Wildman–Crippen LogP) is 1.87. The number of hydrogen-bond donors (Lipinski definition) is 1. The average molecular weight is 375 g/mol. The van der Waals surface area contributed by atoms with Gasteiger partial charge in [-0.1, -0.05) is 35.9 Å². The molecule has 26 heavy (non-hydrogen) atoms. The van der Waals surface area contributed by atoms with Gasteiger partial charge in [-0.25, -0.2) is 8.42 Å². The minimum atomic E-state index is -3.67. The molecular formula is C19H25N3O3S. The fourth-order valence-electron chi connectivity index (χ4n) is 2.41. The second-order valence-electron chi connectivity index (χ2n) is 6.18. The molecule has 2 aromatic rings. The van der Waals surface area contributed by atoms with E-state index in [0.29, 0.717) is 13.1 Å². The van der Waals surface area contributed by atoms with Gasteiger partial charge in [-0.3, -0.25) is 4.79 Å². The lowest BCUT2D eigenvalue weighted by molar-refractivity contribution is -0.121. The lowest BCUT2D eigenvalue weighted by atomic mass is 10.2. The summed E-state index contributed by atoms with van der Waals surface area (Å²) in [7, 11) is -0.326. The van der Waals surface area contributed by atoms with Crippen LogP contribution in [0.15, 0.2) is 59.5 Å². The Hall–Kier alpha value is -2.38. The maximum absolute atomic E-state index is 12.5. The van der Waals surface area contributed by atoms with Gasteiger partial charge in [0.05, 0.1) is 11.4 Å². The molecule has 2 aromatic carbocycles. The van der Waals surface area contributed by atoms with Gasteiger partial charge in [-0.15, -0.1) is 0 Å². The molecule has 0 aromatic heterocycles. The third-order valence-electron chi connectivity index (χ3n) is 4.06. The van der Waals surface area contributed by atoms with Crippen molar-refractivity contribution in [3.8, 4) is 0 Å². The first-order valence-corrected chi connectivity index (χ1v) is 9.80. The zero-order chi connectivity index (χ0) is 19.2. The summed E-state index contributed by atoms with van der Waals surface area (Å²) in [6.07, 6.45) is 0. The molecule has 0 bridgehead atoms. The van der Waals surface area contributed by atoms with Crippen LogP contribution in [0.2, 0.25) is 0 Å². The van der Waals surface area contributed by atoms with E-state index >= 15 is 0 Å². The van der Waals surface area contributed by atoms with Crippen molar-refractivity contribution in [1.82, 2.24) is 9.62 Å². The van der Waals surface area contributed by atoms with Crippen LogP contribution >= 0.6 is 0 Å². The number of anilines is 1. The highest BCUT2D eigenvalue weighted by Gasteiger charge is 2.22. The smallest absolute Gasteiger partial charge is 0.243 e. The summed E-state index contributed by atoms with van der Waals surface area (Å²) in [5.74, 6) is -0.329. The van der Waals surface area contributed by atoms with Crippen molar-refractivity contribution >= 4 is 21.6 Å². The van der Waals surface area contributed by atoms with Crippen molar-refractivity contribution in [3.05, 3.63) is 60.2 Å². The SMILES string of the molecule is Cc1ccc(S(=O)(=O)N(C)CC(=O)NCCN(C)c2ccccc2)cc1. The van der Waals surface area contributed by atoms with Crippen LogP contribution in [-0.2, 0) is 14.8 Å². The summed E-state index contributed by atoms with van der Waals surface area (Å²) in [4.78, 5) is 14.3. The Morgan fingerprint density at radius 3 is 2.23 bits per heavy atom. The van der Waals surface area contributed by atoms with Crippen LogP contribution in [0.1, 0.15) is 5.56 Å². The quantitative estimate of drug-likeness (QED) is 0.765. The fraction of sp³-hybridized carbons (Fsp3) is 0.316. The minimum Gasteiger partial charge on any atom is -0.373 e. The lowest BCUT2D eigenvalue weighted by Crippen LogP contribution is -2.40. The number of rotatable bonds is 8. The molecule has 0 unspecified atom stereocenters. The van der Waals surface area contributed by atoms with Gasteiger partial charge < -0.3 is 10.2 Å². The van der Waals surface area contributed by atoms with Gasteiger partial charge in [-0.05, 0) is 31.2 Å². The molecule has 0 saturated heterocycles. The fourth-order valence-corrected chi connectivity index (χ4v) is 3.54. The van der Waals surface area contributed by atoms with Gasteiger partial charge in [0.2, 0.25) is 15.9 Å². The molecule has 0 fully saturated rings. The first-order valence-electron chi connectivity index (χ1n) is 8.36. The zero-order valence-electron chi connectivity index (χ0n) is 15.3. The first-order chi connectivity index (χ1) is 12.3. The molecular weight excluding hydrogens is 350 g/mol. The highest BCUT2D eigenvalue weighted by Crippen LogP contribution is 2.14. The van der Waals surface area contributed by atoms with E-state index in [-0.39, 0.29) is 17.3 Å². The Kier molecular flexibility index (Phi) is 6.76. The van der Waals surface area contributed by atoms with E-state index in [2.05, 4.69) is 5.32 Å². The summed E-state index contributed by atoms with van der Waals surface area (Å²) >= 11 is 0. The molecule has 140 valence electrons. The topological polar surface area (TPSA) is 69.7 Å². The lowest BCUT2D eigenvalue weighted by Gasteiger charge is -2.20. The Morgan fingerprint density at radius 2 is 1.62 bits per heavy atom. The van der Waals surface area contributed by atoms with Crippen LogP contribution in [0.4, 0.5) is 5.69 Å². The van der Waals surface area contributed by atoms with Crippen LogP contribution in [0, 0.1) is 6.92 Å². The van der Waals surface area contributed by atoms with Crippen molar-refractivity contribution in [2.75, 3.05) is 38.6 Å². The Labute approximate surface area is 155 Å². The summed E-state index contributed by atoms with van der Waals surface area (Å²) in [6.45, 7) is 2.73. The third-order valence-corrected chi connectivity index (χ3v) is 5.88. The highest BCUT2D eigenvalue weighted by atomic mass is 32.2. The molecule has 0 atom stereocenters. The normalized spacial score (nSPS) is 11.4. The van der Waals surface area contributed by atoms with Crippen LogP contribution < -0.4 is 10.2 Å². The van der Waals surface area contributed by atoms with E-state index in [0.717, 1.165) is 15.6 Å². The number of likely N-dealkylation sites (N-methyl/N-ethyl adjacent to an activating group) is 2.